The predicted octanol–water partition coefficient (Wildman–Crippen LogP) is 3.06. The summed E-state index contributed by atoms with van der Waals surface area (Å²) in [7, 11) is 2.15. The van der Waals surface area contributed by atoms with Crippen LogP contribution >= 0.6 is 34.8 Å². The molecule has 6 nitrogen and oxygen atoms in total. The first kappa shape index (κ1) is 18.1. The van der Waals surface area contributed by atoms with E-state index in [0.717, 1.165) is 38.4 Å². The van der Waals surface area contributed by atoms with Gasteiger partial charge in [0.2, 0.25) is 0 Å². The van der Waals surface area contributed by atoms with Crippen molar-refractivity contribution in [3.8, 4) is 0 Å². The summed E-state index contributed by atoms with van der Waals surface area (Å²) in [5.74, 6) is 0.887. The van der Waals surface area contributed by atoms with E-state index >= 15 is 0 Å². The van der Waals surface area contributed by atoms with E-state index in [2.05, 4.69) is 36.8 Å². The van der Waals surface area contributed by atoms with Crippen molar-refractivity contribution in [3.05, 3.63) is 40.2 Å². The molecule has 0 saturated carbocycles. The molecule has 1 aliphatic rings. The Bertz CT molecular complexity index is 610. The van der Waals surface area contributed by atoms with Gasteiger partial charge in [0.1, 0.15) is 21.3 Å². The van der Waals surface area contributed by atoms with Gasteiger partial charge in [0.15, 0.2) is 0 Å². The van der Waals surface area contributed by atoms with Crippen LogP contribution in [0.5, 0.6) is 0 Å². The van der Waals surface area contributed by atoms with E-state index in [1.807, 2.05) is 0 Å². The van der Waals surface area contributed by atoms with E-state index in [1.54, 1.807) is 12.4 Å². The molecule has 0 radical (unpaired) electrons. The van der Waals surface area contributed by atoms with Gasteiger partial charge in [-0.05, 0) is 20.0 Å². The lowest BCUT2D eigenvalue weighted by Crippen LogP contribution is -2.29. The molecule has 0 unspecified atom stereocenters. The monoisotopic (exact) mass is 374 g/mol. The predicted molar refractivity (Wildman–Crippen MR) is 93.4 cm³/mol. The van der Waals surface area contributed by atoms with Crippen molar-refractivity contribution in [2.75, 3.05) is 38.1 Å². The van der Waals surface area contributed by atoms with Crippen molar-refractivity contribution >= 4 is 40.6 Å². The highest BCUT2D eigenvalue weighted by atomic mass is 35.5. The van der Waals surface area contributed by atoms with Crippen LogP contribution in [-0.4, -0.2) is 58.1 Å². The highest BCUT2D eigenvalue weighted by Crippen LogP contribution is 2.14. The average Bonchev–Trinajstić information content (AvgIpc) is 2.72. The lowest BCUT2D eigenvalue weighted by molar-refractivity contribution is 0.360. The molecule has 3 rings (SSSR count). The van der Waals surface area contributed by atoms with Crippen molar-refractivity contribution in [2.45, 2.75) is 6.42 Å². The van der Waals surface area contributed by atoms with Gasteiger partial charge in [-0.15, -0.1) is 0 Å². The van der Waals surface area contributed by atoms with Crippen molar-refractivity contribution in [1.82, 2.24) is 24.8 Å². The fraction of sp³-hybridized carbons (Fsp3) is 0.429. The molecule has 0 bridgehead atoms. The number of halogens is 3. The van der Waals surface area contributed by atoms with Gasteiger partial charge < -0.3 is 9.80 Å². The number of anilines is 1. The third-order valence-electron chi connectivity index (χ3n) is 3.21. The number of hydrogen-bond acceptors (Lipinski definition) is 6. The number of hydrogen-bond donors (Lipinski definition) is 0. The van der Waals surface area contributed by atoms with E-state index < -0.39 is 0 Å². The number of rotatable bonds is 1. The molecule has 124 valence electrons. The summed E-state index contributed by atoms with van der Waals surface area (Å²) in [6.45, 7) is 4.23. The second kappa shape index (κ2) is 9.17. The fourth-order valence-corrected chi connectivity index (χ4v) is 2.56. The van der Waals surface area contributed by atoms with Gasteiger partial charge in [-0.25, -0.2) is 9.97 Å². The third-order valence-corrected chi connectivity index (χ3v) is 3.76. The third kappa shape index (κ3) is 6.43. The molecule has 1 aliphatic heterocycles. The molecule has 2 aromatic heterocycles. The van der Waals surface area contributed by atoms with E-state index in [0.29, 0.717) is 15.5 Å². The van der Waals surface area contributed by atoms with Gasteiger partial charge in [-0.3, -0.25) is 9.97 Å². The minimum absolute atomic E-state index is 0.317. The normalized spacial score (nSPS) is 15.6. The van der Waals surface area contributed by atoms with Gasteiger partial charge in [0.05, 0.1) is 24.8 Å². The Hall–Kier alpha value is -1.21. The van der Waals surface area contributed by atoms with Crippen LogP contribution in [0.15, 0.2) is 24.8 Å². The second-order valence-corrected chi connectivity index (χ2v) is 6.17. The lowest BCUT2D eigenvalue weighted by atomic mass is 10.4. The summed E-state index contributed by atoms with van der Waals surface area (Å²) in [6, 6.07) is 0. The van der Waals surface area contributed by atoms with E-state index in [4.69, 9.17) is 34.8 Å². The Morgan fingerprint density at radius 2 is 1.39 bits per heavy atom. The van der Waals surface area contributed by atoms with Gasteiger partial charge in [-0.1, -0.05) is 34.8 Å². The van der Waals surface area contributed by atoms with Crippen molar-refractivity contribution in [2.24, 2.45) is 0 Å². The Morgan fingerprint density at radius 3 is 1.96 bits per heavy atom. The molecular formula is C14H17Cl3N6. The Kier molecular flexibility index (Phi) is 7.23. The zero-order valence-electron chi connectivity index (χ0n) is 12.7. The second-order valence-electron chi connectivity index (χ2n) is 5.01. The van der Waals surface area contributed by atoms with Crippen molar-refractivity contribution in [1.29, 1.82) is 0 Å². The van der Waals surface area contributed by atoms with Crippen LogP contribution in [0.4, 0.5) is 5.82 Å². The summed E-state index contributed by atoms with van der Waals surface area (Å²) in [4.78, 5) is 20.2. The van der Waals surface area contributed by atoms with Crippen LogP contribution in [0, 0.1) is 0 Å². The Morgan fingerprint density at radius 1 is 0.783 bits per heavy atom. The van der Waals surface area contributed by atoms with Crippen LogP contribution < -0.4 is 4.90 Å². The molecule has 1 saturated heterocycles. The number of likely N-dealkylation sites (N-methyl/N-ethyl adjacent to an activating group) is 1. The zero-order valence-corrected chi connectivity index (χ0v) is 14.9. The Labute approximate surface area is 150 Å². The first-order valence-corrected chi connectivity index (χ1v) is 8.22. The van der Waals surface area contributed by atoms with Crippen LogP contribution in [-0.2, 0) is 0 Å². The van der Waals surface area contributed by atoms with Crippen molar-refractivity contribution < 1.29 is 0 Å². The van der Waals surface area contributed by atoms with Gasteiger partial charge in [0.25, 0.3) is 0 Å². The largest absolute Gasteiger partial charge is 0.354 e. The summed E-state index contributed by atoms with van der Waals surface area (Å²) in [5, 5.41) is 1.10. The average molecular weight is 376 g/mol. The molecule has 1 fully saturated rings. The molecule has 0 N–H and O–H groups in total. The zero-order chi connectivity index (χ0) is 16.7. The molecule has 0 aliphatic carbocycles. The maximum atomic E-state index is 5.82. The minimum Gasteiger partial charge on any atom is -0.354 e. The standard InChI is InChI=1S/C10H15ClN4.C4H2Cl2N2/c1-14-3-2-4-15(6-5-14)10-8-12-7-9(11)13-10;5-3-1-7-2-4(6)8-3/h7-8H,2-6H2,1H3;1-2H. The highest BCUT2D eigenvalue weighted by molar-refractivity contribution is 6.32. The summed E-state index contributed by atoms with van der Waals surface area (Å²) in [6.07, 6.45) is 7.35. The maximum Gasteiger partial charge on any atom is 0.149 e. The van der Waals surface area contributed by atoms with Crippen LogP contribution in [0.1, 0.15) is 6.42 Å². The molecule has 0 amide bonds. The molecular weight excluding hydrogens is 359 g/mol. The first-order chi connectivity index (χ1) is 11.0. The smallest absolute Gasteiger partial charge is 0.149 e. The molecule has 0 spiro atoms. The molecule has 3 heterocycles. The van der Waals surface area contributed by atoms with Crippen LogP contribution in [0.2, 0.25) is 15.5 Å². The van der Waals surface area contributed by atoms with E-state index in [1.165, 1.54) is 12.4 Å². The number of aromatic nitrogens is 4. The quantitative estimate of drug-likeness (QED) is 0.763. The molecule has 0 aromatic carbocycles. The molecule has 9 heteroatoms. The van der Waals surface area contributed by atoms with Gasteiger partial charge in [-0.2, -0.15) is 0 Å². The summed E-state index contributed by atoms with van der Waals surface area (Å²) >= 11 is 16.6. The summed E-state index contributed by atoms with van der Waals surface area (Å²) in [5.41, 5.74) is 0. The van der Waals surface area contributed by atoms with E-state index in [-0.39, 0.29) is 0 Å². The van der Waals surface area contributed by atoms with Crippen LogP contribution in [0.25, 0.3) is 0 Å². The van der Waals surface area contributed by atoms with E-state index in [9.17, 15) is 0 Å². The fourth-order valence-electron chi connectivity index (χ4n) is 2.08. The first-order valence-electron chi connectivity index (χ1n) is 7.08. The number of nitrogens with zero attached hydrogens (tertiary/aromatic N) is 6. The molecule has 2 aromatic rings. The molecule has 0 atom stereocenters. The van der Waals surface area contributed by atoms with Gasteiger partial charge in [0, 0.05) is 19.6 Å². The molecule has 23 heavy (non-hydrogen) atoms. The van der Waals surface area contributed by atoms with Gasteiger partial charge >= 0.3 is 0 Å². The summed E-state index contributed by atoms with van der Waals surface area (Å²) < 4.78 is 0. The van der Waals surface area contributed by atoms with Crippen molar-refractivity contribution in [3.63, 3.8) is 0 Å². The highest BCUT2D eigenvalue weighted by Gasteiger charge is 2.13. The maximum absolute atomic E-state index is 5.82. The van der Waals surface area contributed by atoms with Crippen LogP contribution in [0.3, 0.4) is 0 Å². The Balaban J connectivity index is 0.000000203. The topological polar surface area (TPSA) is 58.0 Å². The lowest BCUT2D eigenvalue weighted by Gasteiger charge is -2.20. The minimum atomic E-state index is 0.317. The SMILES string of the molecule is CN1CCCN(c2cncc(Cl)n2)CC1.Clc1cncc(Cl)n1.